The molecule has 0 saturated carbocycles. The quantitative estimate of drug-likeness (QED) is 0.429. The number of nitrogens with one attached hydrogen (secondary N) is 1. The van der Waals surface area contributed by atoms with E-state index in [1.165, 1.54) is 5.56 Å². The first kappa shape index (κ1) is 19.7. The van der Waals surface area contributed by atoms with E-state index in [4.69, 9.17) is 9.72 Å². The summed E-state index contributed by atoms with van der Waals surface area (Å²) in [7, 11) is 0. The van der Waals surface area contributed by atoms with E-state index in [1.807, 2.05) is 54.6 Å². The lowest BCUT2D eigenvalue weighted by atomic mass is 10.2. The second kappa shape index (κ2) is 9.74. The fraction of sp³-hybridized carbons (Fsp3) is 0.200. The van der Waals surface area contributed by atoms with Crippen LogP contribution in [0.3, 0.4) is 0 Å². The smallest absolute Gasteiger partial charge is 0.257 e. The van der Waals surface area contributed by atoms with Crippen molar-refractivity contribution in [2.45, 2.75) is 19.4 Å². The highest BCUT2D eigenvalue weighted by Crippen LogP contribution is 2.19. The summed E-state index contributed by atoms with van der Waals surface area (Å²) in [6.45, 7) is 1.40. The number of rotatable bonds is 9. The fourth-order valence-corrected chi connectivity index (χ4v) is 3.45. The SMILES string of the molecule is O=C(COc1ccccc1)NCCCc1nc2ccccc2n1Cc1ccccc1. The van der Waals surface area contributed by atoms with E-state index in [0.29, 0.717) is 12.3 Å². The van der Waals surface area contributed by atoms with Gasteiger partial charge in [-0.1, -0.05) is 60.7 Å². The number of aryl methyl sites for hydroxylation is 1. The number of imidazole rings is 1. The molecule has 152 valence electrons. The van der Waals surface area contributed by atoms with Gasteiger partial charge in [0, 0.05) is 19.5 Å². The zero-order valence-electron chi connectivity index (χ0n) is 16.8. The van der Waals surface area contributed by atoms with E-state index < -0.39 is 0 Å². The first-order valence-electron chi connectivity index (χ1n) is 10.2. The number of carbonyl (C=O) groups excluding carboxylic acids is 1. The van der Waals surface area contributed by atoms with Crippen LogP contribution in [0.4, 0.5) is 0 Å². The lowest BCUT2D eigenvalue weighted by molar-refractivity contribution is -0.123. The average molecular weight is 399 g/mol. The zero-order chi connectivity index (χ0) is 20.6. The largest absolute Gasteiger partial charge is 0.484 e. The van der Waals surface area contributed by atoms with Crippen molar-refractivity contribution in [3.05, 3.63) is 96.3 Å². The molecule has 5 nitrogen and oxygen atoms in total. The van der Waals surface area contributed by atoms with Gasteiger partial charge in [0.15, 0.2) is 6.61 Å². The summed E-state index contributed by atoms with van der Waals surface area (Å²) in [5.74, 6) is 1.62. The van der Waals surface area contributed by atoms with Gasteiger partial charge in [0.25, 0.3) is 5.91 Å². The normalized spacial score (nSPS) is 10.8. The molecule has 1 amide bonds. The Morgan fingerprint density at radius 3 is 2.40 bits per heavy atom. The van der Waals surface area contributed by atoms with Gasteiger partial charge in [-0.05, 0) is 36.2 Å². The van der Waals surface area contributed by atoms with Crippen LogP contribution in [-0.2, 0) is 17.8 Å². The van der Waals surface area contributed by atoms with Crippen molar-refractivity contribution >= 4 is 16.9 Å². The molecular weight excluding hydrogens is 374 g/mol. The van der Waals surface area contributed by atoms with Crippen LogP contribution in [0.2, 0.25) is 0 Å². The number of nitrogens with zero attached hydrogens (tertiary/aromatic N) is 2. The van der Waals surface area contributed by atoms with Crippen LogP contribution in [0, 0.1) is 0 Å². The molecule has 0 bridgehead atoms. The molecule has 1 heterocycles. The molecule has 0 aliphatic rings. The standard InChI is InChI=1S/C25H25N3O2/c29-25(19-30-21-12-5-2-6-13-21)26-17-9-16-24-27-22-14-7-8-15-23(22)28(24)18-20-10-3-1-4-11-20/h1-8,10-15H,9,16-19H2,(H,26,29). The molecule has 0 fully saturated rings. The number of hydrogen-bond acceptors (Lipinski definition) is 3. The maximum Gasteiger partial charge on any atom is 0.257 e. The van der Waals surface area contributed by atoms with Crippen LogP contribution >= 0.6 is 0 Å². The number of para-hydroxylation sites is 3. The van der Waals surface area contributed by atoms with Crippen molar-refractivity contribution in [2.75, 3.05) is 13.2 Å². The molecule has 0 atom stereocenters. The molecule has 1 aromatic heterocycles. The summed E-state index contributed by atoms with van der Waals surface area (Å²) in [4.78, 5) is 16.8. The Labute approximate surface area is 176 Å². The molecule has 5 heteroatoms. The minimum atomic E-state index is -0.114. The summed E-state index contributed by atoms with van der Waals surface area (Å²) in [6, 6.07) is 28.0. The maximum atomic E-state index is 12.0. The zero-order valence-corrected chi connectivity index (χ0v) is 16.8. The van der Waals surface area contributed by atoms with E-state index in [0.717, 1.165) is 36.2 Å². The van der Waals surface area contributed by atoms with Crippen molar-refractivity contribution < 1.29 is 9.53 Å². The van der Waals surface area contributed by atoms with E-state index >= 15 is 0 Å². The molecule has 1 N–H and O–H groups in total. The van der Waals surface area contributed by atoms with Gasteiger partial charge in [-0.25, -0.2) is 4.98 Å². The summed E-state index contributed by atoms with van der Waals surface area (Å²) in [5.41, 5.74) is 3.38. The van der Waals surface area contributed by atoms with Gasteiger partial charge in [0.1, 0.15) is 11.6 Å². The second-order valence-corrected chi connectivity index (χ2v) is 7.14. The number of ether oxygens (including phenoxy) is 1. The van der Waals surface area contributed by atoms with E-state index in [2.05, 4.69) is 40.2 Å². The van der Waals surface area contributed by atoms with Crippen LogP contribution in [-0.4, -0.2) is 28.6 Å². The number of hydrogen-bond donors (Lipinski definition) is 1. The van der Waals surface area contributed by atoms with Crippen LogP contribution < -0.4 is 10.1 Å². The van der Waals surface area contributed by atoms with E-state index in [1.54, 1.807) is 0 Å². The Morgan fingerprint density at radius 2 is 1.60 bits per heavy atom. The maximum absolute atomic E-state index is 12.0. The molecule has 0 aliphatic heterocycles. The molecule has 0 radical (unpaired) electrons. The molecule has 4 rings (SSSR count). The predicted molar refractivity (Wildman–Crippen MR) is 119 cm³/mol. The van der Waals surface area contributed by atoms with Gasteiger partial charge < -0.3 is 14.6 Å². The van der Waals surface area contributed by atoms with E-state index in [9.17, 15) is 4.79 Å². The molecule has 0 aliphatic carbocycles. The minimum absolute atomic E-state index is 0.0243. The van der Waals surface area contributed by atoms with Crippen LogP contribution in [0.25, 0.3) is 11.0 Å². The van der Waals surface area contributed by atoms with Crippen molar-refractivity contribution in [1.29, 1.82) is 0 Å². The van der Waals surface area contributed by atoms with Crippen LogP contribution in [0.15, 0.2) is 84.9 Å². The Morgan fingerprint density at radius 1 is 0.900 bits per heavy atom. The highest BCUT2D eigenvalue weighted by Gasteiger charge is 2.11. The van der Waals surface area contributed by atoms with Gasteiger partial charge in [-0.2, -0.15) is 0 Å². The van der Waals surface area contributed by atoms with Crippen molar-refractivity contribution in [3.63, 3.8) is 0 Å². The summed E-state index contributed by atoms with van der Waals surface area (Å²) in [6.07, 6.45) is 1.61. The average Bonchev–Trinajstić information content (AvgIpc) is 3.14. The number of carbonyl (C=O) groups is 1. The predicted octanol–water partition coefficient (Wildman–Crippen LogP) is 4.21. The van der Waals surface area contributed by atoms with Crippen molar-refractivity contribution in [2.24, 2.45) is 0 Å². The summed E-state index contributed by atoms with van der Waals surface area (Å²) < 4.78 is 7.75. The fourth-order valence-electron chi connectivity index (χ4n) is 3.45. The lowest BCUT2D eigenvalue weighted by Crippen LogP contribution is -2.30. The highest BCUT2D eigenvalue weighted by molar-refractivity contribution is 5.77. The Kier molecular flexibility index (Phi) is 6.40. The minimum Gasteiger partial charge on any atom is -0.484 e. The molecule has 3 aromatic carbocycles. The first-order valence-corrected chi connectivity index (χ1v) is 10.2. The number of fused-ring (bicyclic) bond motifs is 1. The third kappa shape index (κ3) is 5.06. The monoisotopic (exact) mass is 399 g/mol. The van der Waals surface area contributed by atoms with Gasteiger partial charge in [-0.3, -0.25) is 4.79 Å². The Hall–Kier alpha value is -3.60. The molecule has 0 unspecified atom stereocenters. The lowest BCUT2D eigenvalue weighted by Gasteiger charge is -2.10. The van der Waals surface area contributed by atoms with Gasteiger partial charge >= 0.3 is 0 Å². The van der Waals surface area contributed by atoms with Gasteiger partial charge in [-0.15, -0.1) is 0 Å². The van der Waals surface area contributed by atoms with Crippen LogP contribution in [0.5, 0.6) is 5.75 Å². The summed E-state index contributed by atoms with van der Waals surface area (Å²) in [5, 5.41) is 2.93. The van der Waals surface area contributed by atoms with Crippen molar-refractivity contribution in [1.82, 2.24) is 14.9 Å². The second-order valence-electron chi connectivity index (χ2n) is 7.14. The number of amides is 1. The molecule has 30 heavy (non-hydrogen) atoms. The number of benzene rings is 3. The molecule has 0 spiro atoms. The first-order chi connectivity index (χ1) is 14.8. The third-order valence-corrected chi connectivity index (χ3v) is 4.93. The van der Waals surface area contributed by atoms with E-state index in [-0.39, 0.29) is 12.5 Å². The molecular formula is C25H25N3O2. The molecule has 4 aromatic rings. The van der Waals surface area contributed by atoms with Crippen LogP contribution in [0.1, 0.15) is 17.8 Å². The number of aromatic nitrogens is 2. The Balaban J connectivity index is 1.33. The van der Waals surface area contributed by atoms with Gasteiger partial charge in [0.05, 0.1) is 11.0 Å². The third-order valence-electron chi connectivity index (χ3n) is 4.93. The topological polar surface area (TPSA) is 56.1 Å². The molecule has 0 saturated heterocycles. The Bertz CT molecular complexity index is 1090. The van der Waals surface area contributed by atoms with Gasteiger partial charge in [0.2, 0.25) is 0 Å². The van der Waals surface area contributed by atoms with Crippen molar-refractivity contribution in [3.8, 4) is 5.75 Å². The highest BCUT2D eigenvalue weighted by atomic mass is 16.5. The summed E-state index contributed by atoms with van der Waals surface area (Å²) >= 11 is 0.